The fraction of sp³-hybridized carbons (Fsp3) is 0.500. The molecule has 0 heterocycles. The Kier molecular flexibility index (Phi) is 12.0. The average molecular weight is 529 g/mol. The number of anilines is 1. The minimum Gasteiger partial charge on any atom is -0.491 e. The van der Waals surface area contributed by atoms with Crippen molar-refractivity contribution in [1.29, 1.82) is 0 Å². The molecule has 3 rings (SSSR count). The maximum absolute atomic E-state index is 11.9. The third kappa shape index (κ3) is 8.77. The third-order valence-corrected chi connectivity index (χ3v) is 7.69. The largest absolute Gasteiger partial charge is 0.491 e. The smallest absolute Gasteiger partial charge is 0.248 e. The van der Waals surface area contributed by atoms with Crippen LogP contribution in [-0.4, -0.2) is 31.4 Å². The van der Waals surface area contributed by atoms with Crippen molar-refractivity contribution in [2.75, 3.05) is 30.3 Å². The van der Waals surface area contributed by atoms with Gasteiger partial charge in [-0.15, -0.1) is 0 Å². The van der Waals surface area contributed by atoms with Crippen molar-refractivity contribution >= 4 is 35.8 Å². The van der Waals surface area contributed by atoms with Crippen molar-refractivity contribution in [3.8, 4) is 5.75 Å². The summed E-state index contributed by atoms with van der Waals surface area (Å²) in [6, 6.07) is 13.6. The van der Waals surface area contributed by atoms with Gasteiger partial charge in [-0.1, -0.05) is 35.9 Å². The van der Waals surface area contributed by atoms with Gasteiger partial charge in [-0.25, -0.2) is 0 Å². The van der Waals surface area contributed by atoms with E-state index in [9.17, 15) is 4.79 Å². The van der Waals surface area contributed by atoms with Crippen molar-refractivity contribution in [1.82, 2.24) is 0 Å². The van der Waals surface area contributed by atoms with E-state index >= 15 is 0 Å². The number of hydrogen-bond acceptors (Lipinski definition) is 4. The average Bonchev–Trinajstić information content (AvgIpc) is 2.86. The number of amides is 1. The number of thiol groups is 1. The number of unbranched alkanes of at least 4 members (excludes halogenated alkanes) is 2. The number of primary amides is 1. The SMILES string of the molecule is CCN(C[C@@H]1CC[C@H]1C/C=C/CCCS)c1cc(C(N)=O)ccc1OCCCCc1cccc(Cl)c1. The molecule has 1 saturated carbocycles. The second-order valence-corrected chi connectivity index (χ2v) is 10.6. The second kappa shape index (κ2) is 15.2. The standard InChI is InChI=1S/C30H41ClN2O2S/c1-2-33(22-26-15-14-24(26)12-5-3-4-8-19-36)28-21-25(30(32)34)16-17-29(28)35-18-7-6-10-23-11-9-13-27(31)20-23/h3,5,9,11,13,16-17,20-21,24,26,36H,2,4,6-8,10,12,14-15,18-19,22H2,1H3,(H2,32,34)/b5-3+/t24-,26+/m1/s1. The lowest BCUT2D eigenvalue weighted by Gasteiger charge is -2.40. The molecular weight excluding hydrogens is 488 g/mol. The number of nitrogens with two attached hydrogens (primary N) is 1. The molecule has 1 aliphatic rings. The number of nitrogens with zero attached hydrogens (tertiary/aromatic N) is 1. The number of carbonyl (C=O) groups is 1. The van der Waals surface area contributed by atoms with E-state index in [1.54, 1.807) is 6.07 Å². The maximum Gasteiger partial charge on any atom is 0.248 e. The highest BCUT2D eigenvalue weighted by molar-refractivity contribution is 7.80. The van der Waals surface area contributed by atoms with E-state index in [0.717, 1.165) is 79.7 Å². The van der Waals surface area contributed by atoms with Crippen molar-refractivity contribution in [3.63, 3.8) is 0 Å². The molecule has 0 spiro atoms. The lowest BCUT2D eigenvalue weighted by atomic mass is 9.71. The van der Waals surface area contributed by atoms with Crippen LogP contribution < -0.4 is 15.4 Å². The summed E-state index contributed by atoms with van der Waals surface area (Å²) in [6.07, 6.45) is 13.5. The first-order valence-corrected chi connectivity index (χ1v) is 14.3. The van der Waals surface area contributed by atoms with E-state index in [-0.39, 0.29) is 0 Å². The van der Waals surface area contributed by atoms with Gasteiger partial charge in [-0.3, -0.25) is 4.79 Å². The van der Waals surface area contributed by atoms with Crippen LogP contribution in [0.15, 0.2) is 54.6 Å². The summed E-state index contributed by atoms with van der Waals surface area (Å²) >= 11 is 10.4. The lowest BCUT2D eigenvalue weighted by molar-refractivity contribution is 0.1000. The van der Waals surface area contributed by atoms with E-state index in [1.165, 1.54) is 18.4 Å². The highest BCUT2D eigenvalue weighted by atomic mass is 35.5. The number of rotatable bonds is 16. The van der Waals surface area contributed by atoms with E-state index < -0.39 is 5.91 Å². The van der Waals surface area contributed by atoms with Gasteiger partial charge in [0.1, 0.15) is 5.75 Å². The number of halogens is 1. The first-order valence-electron chi connectivity index (χ1n) is 13.3. The van der Waals surface area contributed by atoms with Crippen molar-refractivity contribution < 1.29 is 9.53 Å². The number of hydrogen-bond donors (Lipinski definition) is 2. The monoisotopic (exact) mass is 528 g/mol. The topological polar surface area (TPSA) is 55.6 Å². The molecule has 0 aliphatic heterocycles. The zero-order chi connectivity index (χ0) is 25.8. The molecule has 196 valence electrons. The molecule has 2 N–H and O–H groups in total. The predicted octanol–water partition coefficient (Wildman–Crippen LogP) is 7.35. The molecule has 2 aromatic rings. The van der Waals surface area contributed by atoms with Crippen molar-refractivity contribution in [3.05, 3.63) is 70.8 Å². The molecule has 0 radical (unpaired) electrons. The molecule has 1 aliphatic carbocycles. The minimum atomic E-state index is -0.409. The minimum absolute atomic E-state index is 0.409. The Morgan fingerprint density at radius 1 is 1.14 bits per heavy atom. The van der Waals surface area contributed by atoms with E-state index in [4.69, 9.17) is 22.1 Å². The molecule has 0 bridgehead atoms. The normalized spacial score (nSPS) is 17.2. The van der Waals surface area contributed by atoms with Gasteiger partial charge < -0.3 is 15.4 Å². The van der Waals surface area contributed by atoms with E-state index in [1.807, 2.05) is 30.3 Å². The van der Waals surface area contributed by atoms with Crippen LogP contribution in [0.1, 0.15) is 67.8 Å². The summed E-state index contributed by atoms with van der Waals surface area (Å²) < 4.78 is 6.24. The van der Waals surface area contributed by atoms with Gasteiger partial charge in [-0.05, 0) is 112 Å². The summed E-state index contributed by atoms with van der Waals surface area (Å²) in [7, 11) is 0. The van der Waals surface area contributed by atoms with Gasteiger partial charge in [0, 0.05) is 23.7 Å². The number of allylic oxidation sites excluding steroid dienone is 2. The van der Waals surface area contributed by atoms with Crippen LogP contribution in [0.5, 0.6) is 5.75 Å². The number of ether oxygens (including phenoxy) is 1. The fourth-order valence-corrected chi connectivity index (χ4v) is 5.21. The van der Waals surface area contributed by atoms with E-state index in [0.29, 0.717) is 18.1 Å². The predicted molar refractivity (Wildman–Crippen MR) is 156 cm³/mol. The Hall–Kier alpha value is -2.11. The van der Waals surface area contributed by atoms with Gasteiger partial charge >= 0.3 is 0 Å². The zero-order valence-electron chi connectivity index (χ0n) is 21.5. The Labute approximate surface area is 227 Å². The van der Waals surface area contributed by atoms with Crippen LogP contribution in [-0.2, 0) is 6.42 Å². The number of benzene rings is 2. The van der Waals surface area contributed by atoms with Gasteiger partial charge in [0.2, 0.25) is 5.91 Å². The van der Waals surface area contributed by atoms with E-state index in [2.05, 4.69) is 42.7 Å². The van der Waals surface area contributed by atoms with Crippen LogP contribution in [0.4, 0.5) is 5.69 Å². The van der Waals surface area contributed by atoms with Crippen molar-refractivity contribution in [2.45, 2.75) is 58.3 Å². The Morgan fingerprint density at radius 3 is 2.67 bits per heavy atom. The van der Waals surface area contributed by atoms with Crippen LogP contribution >= 0.6 is 24.2 Å². The highest BCUT2D eigenvalue weighted by Gasteiger charge is 2.31. The first kappa shape index (κ1) is 28.5. The summed E-state index contributed by atoms with van der Waals surface area (Å²) in [6.45, 7) is 4.62. The molecule has 0 aromatic heterocycles. The molecule has 1 fully saturated rings. The van der Waals surface area contributed by atoms with Crippen LogP contribution in [0.2, 0.25) is 5.02 Å². The molecule has 4 nitrogen and oxygen atoms in total. The molecule has 1 amide bonds. The Bertz CT molecular complexity index is 997. The Balaban J connectivity index is 1.58. The number of carbonyl (C=O) groups excluding carboxylic acids is 1. The first-order chi connectivity index (χ1) is 17.5. The third-order valence-electron chi connectivity index (χ3n) is 7.14. The van der Waals surface area contributed by atoms with Gasteiger partial charge in [0.25, 0.3) is 0 Å². The quantitative estimate of drug-likeness (QED) is 0.136. The molecule has 6 heteroatoms. The fourth-order valence-electron chi connectivity index (χ4n) is 4.81. The van der Waals surface area contributed by atoms with Crippen LogP contribution in [0.25, 0.3) is 0 Å². The van der Waals surface area contributed by atoms with Gasteiger partial charge in [-0.2, -0.15) is 12.6 Å². The lowest BCUT2D eigenvalue weighted by Crippen LogP contribution is -2.38. The maximum atomic E-state index is 11.9. The second-order valence-electron chi connectivity index (χ2n) is 9.69. The molecular formula is C30H41ClN2O2S. The Morgan fingerprint density at radius 2 is 1.97 bits per heavy atom. The van der Waals surface area contributed by atoms with Crippen molar-refractivity contribution in [2.24, 2.45) is 17.6 Å². The zero-order valence-corrected chi connectivity index (χ0v) is 23.2. The number of aryl methyl sites for hydroxylation is 1. The summed E-state index contributed by atoms with van der Waals surface area (Å²) in [5, 5.41) is 0.779. The summed E-state index contributed by atoms with van der Waals surface area (Å²) in [5.74, 6) is 2.74. The van der Waals surface area contributed by atoms with Crippen LogP contribution in [0, 0.1) is 11.8 Å². The molecule has 0 saturated heterocycles. The molecule has 2 atom stereocenters. The molecule has 36 heavy (non-hydrogen) atoms. The molecule has 2 aromatic carbocycles. The van der Waals surface area contributed by atoms with Gasteiger partial charge in [0.05, 0.1) is 12.3 Å². The summed E-state index contributed by atoms with van der Waals surface area (Å²) in [5.41, 5.74) is 8.35. The van der Waals surface area contributed by atoms with Crippen LogP contribution in [0.3, 0.4) is 0 Å². The highest BCUT2D eigenvalue weighted by Crippen LogP contribution is 2.40. The summed E-state index contributed by atoms with van der Waals surface area (Å²) in [4.78, 5) is 14.3. The molecule has 0 unspecified atom stereocenters. The van der Waals surface area contributed by atoms with Gasteiger partial charge in [0.15, 0.2) is 0 Å².